The molecule has 1 aliphatic carbocycles. The van der Waals surface area contributed by atoms with Gasteiger partial charge in [0.05, 0.1) is 12.5 Å². The van der Waals surface area contributed by atoms with Crippen molar-refractivity contribution in [1.29, 1.82) is 0 Å². The van der Waals surface area contributed by atoms with E-state index in [2.05, 4.69) is 33.0 Å². The summed E-state index contributed by atoms with van der Waals surface area (Å²) in [5.41, 5.74) is 2.28. The molecule has 1 aromatic heterocycles. The van der Waals surface area contributed by atoms with Gasteiger partial charge >= 0.3 is 5.97 Å². The van der Waals surface area contributed by atoms with Gasteiger partial charge in [-0.15, -0.1) is 0 Å². The lowest BCUT2D eigenvalue weighted by Gasteiger charge is -2.10. The molecular weight excluding hydrogens is 294 g/mol. The van der Waals surface area contributed by atoms with Crippen molar-refractivity contribution in [3.63, 3.8) is 0 Å². The number of rotatable bonds is 4. The van der Waals surface area contributed by atoms with Crippen molar-refractivity contribution in [2.45, 2.75) is 37.4 Å². The van der Waals surface area contributed by atoms with Gasteiger partial charge in [0.2, 0.25) is 0 Å². The zero-order chi connectivity index (χ0) is 13.0. The number of carbonyl (C=O) groups excluding carboxylic acids is 1. The highest BCUT2D eigenvalue weighted by Crippen LogP contribution is 2.38. The van der Waals surface area contributed by atoms with Gasteiger partial charge in [0, 0.05) is 23.1 Å². The van der Waals surface area contributed by atoms with Crippen LogP contribution in [0.4, 0.5) is 0 Å². The summed E-state index contributed by atoms with van der Waals surface area (Å²) in [7, 11) is 0. The summed E-state index contributed by atoms with van der Waals surface area (Å²) in [6, 6.07) is 4.17. The topological polar surface area (TPSA) is 39.2 Å². The minimum atomic E-state index is -0.0444. The number of ether oxygens (including phenoxy) is 1. The predicted octanol–water partition coefficient (Wildman–Crippen LogP) is 3.42. The van der Waals surface area contributed by atoms with E-state index < -0.39 is 0 Å². The molecule has 0 amide bonds. The number of alkyl halides is 1. The lowest BCUT2D eigenvalue weighted by molar-refractivity contribution is -0.147. The summed E-state index contributed by atoms with van der Waals surface area (Å²) in [6.45, 7) is 2.32. The number of halogens is 1. The summed E-state index contributed by atoms with van der Waals surface area (Å²) >= 11 is 3.41. The maximum Gasteiger partial charge on any atom is 0.308 e. The molecule has 3 nitrogen and oxygen atoms in total. The van der Waals surface area contributed by atoms with Crippen LogP contribution in [0.2, 0.25) is 0 Å². The van der Waals surface area contributed by atoms with Gasteiger partial charge in [0.25, 0.3) is 0 Å². The molecule has 0 aromatic carbocycles. The number of pyridine rings is 1. The molecule has 1 heterocycles. The molecule has 4 heteroatoms. The highest BCUT2D eigenvalue weighted by Gasteiger charge is 2.32. The van der Waals surface area contributed by atoms with Crippen LogP contribution >= 0.6 is 15.9 Å². The van der Waals surface area contributed by atoms with E-state index in [4.69, 9.17) is 4.74 Å². The number of esters is 1. The van der Waals surface area contributed by atoms with Gasteiger partial charge in [0.1, 0.15) is 0 Å². The van der Waals surface area contributed by atoms with Gasteiger partial charge in [-0.1, -0.05) is 22.0 Å². The number of hydrogen-bond acceptors (Lipinski definition) is 3. The molecule has 0 N–H and O–H groups in total. The zero-order valence-corrected chi connectivity index (χ0v) is 12.1. The van der Waals surface area contributed by atoms with E-state index >= 15 is 0 Å². The molecule has 2 atom stereocenters. The summed E-state index contributed by atoms with van der Waals surface area (Å²) < 4.78 is 5.08. The Kier molecular flexibility index (Phi) is 4.75. The number of carbonyl (C=O) groups is 1. The summed E-state index contributed by atoms with van der Waals surface area (Å²) in [6.07, 6.45) is 4.73. The van der Waals surface area contributed by atoms with Crippen LogP contribution in [0.15, 0.2) is 18.3 Å². The van der Waals surface area contributed by atoms with Crippen molar-refractivity contribution in [1.82, 2.24) is 4.98 Å². The molecule has 98 valence electrons. The van der Waals surface area contributed by atoms with Crippen LogP contribution in [0, 0.1) is 5.92 Å². The lowest BCUT2D eigenvalue weighted by Crippen LogP contribution is -2.14. The molecule has 1 saturated carbocycles. The minimum absolute atomic E-state index is 0.0444. The highest BCUT2D eigenvalue weighted by molar-refractivity contribution is 9.08. The van der Waals surface area contributed by atoms with Crippen LogP contribution < -0.4 is 0 Å². The predicted molar refractivity (Wildman–Crippen MR) is 73.6 cm³/mol. The van der Waals surface area contributed by atoms with Gasteiger partial charge in [-0.3, -0.25) is 9.78 Å². The van der Waals surface area contributed by atoms with Crippen LogP contribution in [0.3, 0.4) is 0 Å². The number of hydrogen-bond donors (Lipinski definition) is 0. The smallest absolute Gasteiger partial charge is 0.308 e. The van der Waals surface area contributed by atoms with Gasteiger partial charge in [-0.05, 0) is 37.8 Å². The van der Waals surface area contributed by atoms with E-state index in [0.717, 1.165) is 30.3 Å². The number of nitrogens with zero attached hydrogens (tertiary/aromatic N) is 1. The SMILES string of the molecule is CCOC(=O)C1CCC(c2ccc(CBr)cn2)C1. The monoisotopic (exact) mass is 311 g/mol. The molecule has 2 unspecified atom stereocenters. The Morgan fingerprint density at radius 2 is 2.33 bits per heavy atom. The average Bonchev–Trinajstić information content (AvgIpc) is 2.89. The second-order valence-electron chi connectivity index (χ2n) is 4.68. The normalized spacial score (nSPS) is 23.0. The molecule has 1 fully saturated rings. The Balaban J connectivity index is 1.97. The van der Waals surface area contributed by atoms with Crippen LogP contribution in [0.25, 0.3) is 0 Å². The van der Waals surface area contributed by atoms with Crippen molar-refractivity contribution < 1.29 is 9.53 Å². The average molecular weight is 312 g/mol. The van der Waals surface area contributed by atoms with Crippen LogP contribution in [0.1, 0.15) is 43.4 Å². The maximum absolute atomic E-state index is 11.7. The fourth-order valence-electron chi connectivity index (χ4n) is 2.48. The van der Waals surface area contributed by atoms with Gasteiger partial charge in [-0.2, -0.15) is 0 Å². The molecule has 2 rings (SSSR count). The Labute approximate surface area is 116 Å². The molecule has 0 radical (unpaired) electrons. The first-order valence-corrected chi connectivity index (χ1v) is 7.54. The van der Waals surface area contributed by atoms with Crippen molar-refractivity contribution in [2.24, 2.45) is 5.92 Å². The standard InChI is InChI=1S/C14H18BrNO2/c1-2-18-14(17)12-5-4-11(7-12)13-6-3-10(8-15)9-16-13/h3,6,9,11-12H,2,4-5,7-8H2,1H3. The van der Waals surface area contributed by atoms with Crippen molar-refractivity contribution in [3.8, 4) is 0 Å². The molecule has 18 heavy (non-hydrogen) atoms. The van der Waals surface area contributed by atoms with E-state index in [9.17, 15) is 4.79 Å². The second kappa shape index (κ2) is 6.32. The van der Waals surface area contributed by atoms with Crippen LogP contribution in [-0.4, -0.2) is 17.6 Å². The van der Waals surface area contributed by atoms with Crippen molar-refractivity contribution in [3.05, 3.63) is 29.6 Å². The molecule has 0 bridgehead atoms. The molecule has 0 spiro atoms. The molecular formula is C14H18BrNO2. The van der Waals surface area contributed by atoms with Gasteiger partial charge < -0.3 is 4.74 Å². The fraction of sp³-hybridized carbons (Fsp3) is 0.571. The van der Waals surface area contributed by atoms with Gasteiger partial charge in [0.15, 0.2) is 0 Å². The maximum atomic E-state index is 11.7. The van der Waals surface area contributed by atoms with E-state index in [0.29, 0.717) is 12.5 Å². The fourth-order valence-corrected chi connectivity index (χ4v) is 2.81. The van der Waals surface area contributed by atoms with Crippen LogP contribution in [0.5, 0.6) is 0 Å². The first-order chi connectivity index (χ1) is 8.74. The first kappa shape index (κ1) is 13.5. The summed E-state index contributed by atoms with van der Waals surface area (Å²) in [5.74, 6) is 0.425. The minimum Gasteiger partial charge on any atom is -0.466 e. The van der Waals surface area contributed by atoms with Crippen molar-refractivity contribution in [2.75, 3.05) is 6.61 Å². The third kappa shape index (κ3) is 3.10. The van der Waals surface area contributed by atoms with E-state index in [1.807, 2.05) is 13.1 Å². The molecule has 1 aliphatic rings. The molecule has 1 aromatic rings. The van der Waals surface area contributed by atoms with Crippen LogP contribution in [-0.2, 0) is 14.9 Å². The highest BCUT2D eigenvalue weighted by atomic mass is 79.9. The molecule has 0 aliphatic heterocycles. The van der Waals surface area contributed by atoms with Crippen molar-refractivity contribution >= 4 is 21.9 Å². The Morgan fingerprint density at radius 1 is 1.50 bits per heavy atom. The third-order valence-corrected chi connectivity index (χ3v) is 4.12. The number of aromatic nitrogens is 1. The Hall–Kier alpha value is -0.900. The van der Waals surface area contributed by atoms with Gasteiger partial charge in [-0.25, -0.2) is 0 Å². The third-order valence-electron chi connectivity index (χ3n) is 3.47. The van der Waals surface area contributed by atoms with E-state index in [-0.39, 0.29) is 11.9 Å². The molecule has 0 saturated heterocycles. The van der Waals surface area contributed by atoms with E-state index in [1.54, 1.807) is 0 Å². The largest absolute Gasteiger partial charge is 0.466 e. The quantitative estimate of drug-likeness (QED) is 0.632. The Morgan fingerprint density at radius 3 is 2.94 bits per heavy atom. The summed E-state index contributed by atoms with van der Waals surface area (Å²) in [4.78, 5) is 16.2. The van der Waals surface area contributed by atoms with E-state index in [1.165, 1.54) is 5.56 Å². The second-order valence-corrected chi connectivity index (χ2v) is 5.24. The Bertz CT molecular complexity index is 405. The first-order valence-electron chi connectivity index (χ1n) is 6.42. The lowest BCUT2D eigenvalue weighted by atomic mass is 10.0. The zero-order valence-electron chi connectivity index (χ0n) is 10.6. The summed E-state index contributed by atoms with van der Waals surface area (Å²) in [5, 5.41) is 0.830.